The van der Waals surface area contributed by atoms with Gasteiger partial charge in [0.15, 0.2) is 0 Å². The van der Waals surface area contributed by atoms with Gasteiger partial charge in [-0.15, -0.1) is 0 Å². The van der Waals surface area contributed by atoms with E-state index < -0.39 is 35.0 Å². The first-order valence-electron chi connectivity index (χ1n) is 23.0. The average Bonchev–Trinajstić information content (AvgIpc) is 3.78. The van der Waals surface area contributed by atoms with Gasteiger partial charge in [-0.1, -0.05) is 31.2 Å². The summed E-state index contributed by atoms with van der Waals surface area (Å²) in [6, 6.07) is 16.9. The Kier molecular flexibility index (Phi) is 13.4. The molecule has 0 radical (unpaired) electrons. The zero-order chi connectivity index (χ0) is 47.1. The van der Waals surface area contributed by atoms with Gasteiger partial charge in [-0.2, -0.15) is 23.1 Å². The average molecular weight is 918 g/mol. The van der Waals surface area contributed by atoms with E-state index in [0.717, 1.165) is 36.1 Å². The van der Waals surface area contributed by atoms with E-state index in [-0.39, 0.29) is 48.2 Å². The number of carbonyl (C=O) groups excluding carboxylic acids is 1. The van der Waals surface area contributed by atoms with Crippen LogP contribution in [0.1, 0.15) is 92.1 Å². The van der Waals surface area contributed by atoms with Crippen molar-refractivity contribution in [3.8, 4) is 17.5 Å². The molecule has 0 saturated carbocycles. The van der Waals surface area contributed by atoms with Gasteiger partial charge < -0.3 is 33.6 Å². The van der Waals surface area contributed by atoms with Crippen molar-refractivity contribution in [2.24, 2.45) is 11.8 Å². The smallest absolute Gasteiger partial charge is 0.418 e. The van der Waals surface area contributed by atoms with Gasteiger partial charge in [-0.3, -0.25) is 4.90 Å². The highest BCUT2D eigenvalue weighted by Crippen LogP contribution is 2.46. The Hall–Kier alpha value is -5.38. The Balaban J connectivity index is 1.14. The second kappa shape index (κ2) is 18.7. The number of aromatic nitrogens is 3. The summed E-state index contributed by atoms with van der Waals surface area (Å²) in [5.74, 6) is 1.67. The molecule has 2 aromatic heterocycles. The molecule has 5 heterocycles. The third kappa shape index (κ3) is 10.3. The van der Waals surface area contributed by atoms with Crippen molar-refractivity contribution in [1.82, 2.24) is 24.8 Å². The summed E-state index contributed by atoms with van der Waals surface area (Å²) in [5, 5.41) is 0. The van der Waals surface area contributed by atoms with E-state index in [9.17, 15) is 9.18 Å². The molecule has 66 heavy (non-hydrogen) atoms. The van der Waals surface area contributed by atoms with E-state index in [2.05, 4.69) is 4.90 Å². The van der Waals surface area contributed by atoms with Gasteiger partial charge in [0.2, 0.25) is 0 Å². The van der Waals surface area contributed by atoms with Gasteiger partial charge >= 0.3 is 18.3 Å². The van der Waals surface area contributed by atoms with Gasteiger partial charge in [-0.05, 0) is 113 Å². The molecule has 3 aliphatic heterocycles. The van der Waals surface area contributed by atoms with Crippen LogP contribution in [0.3, 0.4) is 0 Å². The number of alkyl halides is 4. The summed E-state index contributed by atoms with van der Waals surface area (Å²) >= 11 is 0. The molecule has 356 valence electrons. The first kappa shape index (κ1) is 47.1. The minimum atomic E-state index is -4.68. The number of halogens is 4. The topological polar surface area (TPSA) is 106 Å². The first-order valence-corrected chi connectivity index (χ1v) is 23.0. The number of nitrogens with zero attached hydrogens (tertiary/aromatic N) is 7. The molecule has 0 bridgehead atoms. The van der Waals surface area contributed by atoms with Crippen LogP contribution in [0, 0.1) is 18.8 Å². The highest BCUT2D eigenvalue weighted by molar-refractivity contribution is 5.69. The Bertz CT molecular complexity index is 2310. The lowest BCUT2D eigenvalue weighted by Crippen LogP contribution is -2.54. The zero-order valence-electron chi connectivity index (χ0n) is 39.4. The molecule has 1 aliphatic carbocycles. The van der Waals surface area contributed by atoms with Gasteiger partial charge in [0.1, 0.15) is 41.5 Å². The van der Waals surface area contributed by atoms with E-state index in [0.29, 0.717) is 80.9 Å². The van der Waals surface area contributed by atoms with Crippen molar-refractivity contribution in [3.05, 3.63) is 93.8 Å². The number of ether oxygens (including phenoxy) is 4. The standard InChI is InChI=1S/C50H63F4N7O5/c1-31-20-40-41(55-46(65-30-49-18-9-19-61(49)29-36(51)23-49)57-45(40)58(6)24-35-27-60(28-35)47(62)66-48(3,4)5)22-39(31)44-43(50(52,53)54)32(2)21-42(56-44)59(25-33-10-14-37(63-7)15-11-33)26-34-12-16-38(64-8)17-13-34/h10-17,21,31,35-36,39H,9,18-20,22-30H2,1-8H3/t31-,36-,39-,49+/m1/s1. The Morgan fingerprint density at radius 3 is 2.14 bits per heavy atom. The van der Waals surface area contributed by atoms with Crippen LogP contribution in [0.4, 0.5) is 34.0 Å². The van der Waals surface area contributed by atoms with Crippen LogP contribution >= 0.6 is 0 Å². The van der Waals surface area contributed by atoms with E-state index >= 15 is 13.2 Å². The van der Waals surface area contributed by atoms with Crippen molar-refractivity contribution in [2.45, 2.75) is 109 Å². The molecule has 16 heteroatoms. The first-order chi connectivity index (χ1) is 31.3. The fourth-order valence-corrected chi connectivity index (χ4v) is 10.4. The lowest BCUT2D eigenvalue weighted by Gasteiger charge is -2.42. The van der Waals surface area contributed by atoms with Crippen molar-refractivity contribution < 1.29 is 41.3 Å². The third-order valence-electron chi connectivity index (χ3n) is 13.7. The number of rotatable bonds is 14. The second-order valence-corrected chi connectivity index (χ2v) is 19.9. The molecule has 4 aromatic rings. The largest absolute Gasteiger partial charge is 0.497 e. The molecule has 2 aromatic carbocycles. The molecule has 3 fully saturated rings. The van der Waals surface area contributed by atoms with Crippen LogP contribution in [-0.2, 0) is 36.8 Å². The number of amides is 1. The van der Waals surface area contributed by atoms with Crippen LogP contribution in [0.5, 0.6) is 17.5 Å². The molecule has 12 nitrogen and oxygen atoms in total. The summed E-state index contributed by atoms with van der Waals surface area (Å²) < 4.78 is 83.8. The number of anilines is 2. The van der Waals surface area contributed by atoms with Crippen LogP contribution < -0.4 is 24.0 Å². The Labute approximate surface area is 385 Å². The van der Waals surface area contributed by atoms with Gasteiger partial charge in [0.05, 0.1) is 36.7 Å². The van der Waals surface area contributed by atoms with Crippen LogP contribution in [0.2, 0.25) is 0 Å². The van der Waals surface area contributed by atoms with Gasteiger partial charge in [-0.25, -0.2) is 14.2 Å². The maximum Gasteiger partial charge on any atom is 0.418 e. The van der Waals surface area contributed by atoms with Crippen molar-refractivity contribution >= 4 is 17.7 Å². The molecule has 0 unspecified atom stereocenters. The summed E-state index contributed by atoms with van der Waals surface area (Å²) in [7, 11) is 5.14. The lowest BCUT2D eigenvalue weighted by atomic mass is 9.75. The fourth-order valence-electron chi connectivity index (χ4n) is 10.4. The molecule has 8 rings (SSSR count). The summed E-state index contributed by atoms with van der Waals surface area (Å²) in [6.07, 6.45) is -3.28. The molecule has 0 N–H and O–H groups in total. The van der Waals surface area contributed by atoms with E-state index in [4.69, 9.17) is 33.9 Å². The fraction of sp³-hybridized carbons (Fsp3) is 0.560. The molecule has 4 aliphatic rings. The highest BCUT2D eigenvalue weighted by Gasteiger charge is 2.50. The molecular formula is C50H63F4N7O5. The molecule has 1 amide bonds. The number of hydrogen-bond donors (Lipinski definition) is 0. The van der Waals surface area contributed by atoms with Crippen molar-refractivity contribution in [2.75, 3.05) is 70.4 Å². The number of methoxy groups -OCH3 is 2. The number of benzene rings is 2. The molecule has 4 atom stereocenters. The summed E-state index contributed by atoms with van der Waals surface area (Å²) in [6.45, 7) is 12.7. The predicted octanol–water partition coefficient (Wildman–Crippen LogP) is 9.20. The van der Waals surface area contributed by atoms with E-state index in [1.807, 2.05) is 93.1 Å². The maximum atomic E-state index is 15.4. The van der Waals surface area contributed by atoms with Crippen LogP contribution in [0.15, 0.2) is 54.6 Å². The highest BCUT2D eigenvalue weighted by atomic mass is 19.4. The maximum absolute atomic E-state index is 15.4. The third-order valence-corrected chi connectivity index (χ3v) is 13.7. The van der Waals surface area contributed by atoms with Crippen LogP contribution in [-0.4, -0.2) is 109 Å². The monoisotopic (exact) mass is 917 g/mol. The normalized spacial score (nSPS) is 22.1. The van der Waals surface area contributed by atoms with Crippen molar-refractivity contribution in [1.29, 1.82) is 0 Å². The quantitative estimate of drug-likeness (QED) is 0.113. The number of aryl methyl sites for hydroxylation is 1. The summed E-state index contributed by atoms with van der Waals surface area (Å²) in [4.78, 5) is 35.6. The number of fused-ring (bicyclic) bond motifs is 2. The number of hydrogen-bond acceptors (Lipinski definition) is 11. The van der Waals surface area contributed by atoms with Crippen LogP contribution in [0.25, 0.3) is 0 Å². The predicted molar refractivity (Wildman–Crippen MR) is 244 cm³/mol. The number of pyridine rings is 1. The SMILES string of the molecule is COc1ccc(CN(Cc2ccc(OC)cc2)c2cc(C)c(C(F)(F)F)c([C@@H]3Cc4nc(OC[C@@]56CCCN5C[C@H](F)C6)nc(N(C)CC5CN(C(=O)OC(C)(C)C)C5)c4C[C@H]3C)n2)cc1. The van der Waals surface area contributed by atoms with Gasteiger partial charge in [0, 0.05) is 70.1 Å². The second-order valence-electron chi connectivity index (χ2n) is 19.9. The molecular weight excluding hydrogens is 855 g/mol. The summed E-state index contributed by atoms with van der Waals surface area (Å²) in [5.41, 5.74) is 1.62. The van der Waals surface area contributed by atoms with E-state index in [1.165, 1.54) is 6.92 Å². The molecule has 0 spiro atoms. The Morgan fingerprint density at radius 1 is 0.909 bits per heavy atom. The minimum absolute atomic E-state index is 0.0155. The molecule has 3 saturated heterocycles. The number of likely N-dealkylation sites (tertiary alicyclic amines) is 1. The Morgan fingerprint density at radius 2 is 1.55 bits per heavy atom. The zero-order valence-corrected chi connectivity index (χ0v) is 39.4. The lowest BCUT2D eigenvalue weighted by molar-refractivity contribution is -0.139. The van der Waals surface area contributed by atoms with Crippen molar-refractivity contribution in [3.63, 3.8) is 0 Å². The number of carbonyl (C=O) groups is 1. The minimum Gasteiger partial charge on any atom is -0.497 e. The van der Waals surface area contributed by atoms with Gasteiger partial charge in [0.25, 0.3) is 0 Å². The van der Waals surface area contributed by atoms with E-state index in [1.54, 1.807) is 25.2 Å².